The Balaban J connectivity index is 2.10. The van der Waals surface area contributed by atoms with Gasteiger partial charge >= 0.3 is 0 Å². The molecular weight excluding hydrogens is 208 g/mol. The van der Waals surface area contributed by atoms with Crippen molar-refractivity contribution in [2.75, 3.05) is 12.4 Å². The van der Waals surface area contributed by atoms with E-state index in [4.69, 9.17) is 10.1 Å². The SMILES string of the molecule is CCOC(=N)CCSCc1ccccn1. The Kier molecular flexibility index (Phi) is 5.85. The number of hydrogen-bond acceptors (Lipinski definition) is 4. The van der Waals surface area contributed by atoms with Gasteiger partial charge in [-0.3, -0.25) is 10.4 Å². The molecule has 0 atom stereocenters. The first-order chi connectivity index (χ1) is 7.33. The molecule has 0 aliphatic carbocycles. The summed E-state index contributed by atoms with van der Waals surface area (Å²) >= 11 is 1.78. The van der Waals surface area contributed by atoms with E-state index < -0.39 is 0 Å². The third kappa shape index (κ3) is 5.42. The molecule has 82 valence electrons. The molecule has 0 radical (unpaired) electrons. The maximum absolute atomic E-state index is 7.42. The van der Waals surface area contributed by atoms with Crippen LogP contribution in [-0.4, -0.2) is 23.2 Å². The van der Waals surface area contributed by atoms with Crippen LogP contribution in [0.5, 0.6) is 0 Å². The molecule has 1 N–H and O–H groups in total. The monoisotopic (exact) mass is 224 g/mol. The highest BCUT2D eigenvalue weighted by atomic mass is 32.2. The number of nitrogens with one attached hydrogen (secondary N) is 1. The molecule has 1 aromatic heterocycles. The van der Waals surface area contributed by atoms with E-state index in [1.54, 1.807) is 18.0 Å². The van der Waals surface area contributed by atoms with Gasteiger partial charge in [0.25, 0.3) is 0 Å². The summed E-state index contributed by atoms with van der Waals surface area (Å²) in [4.78, 5) is 4.23. The largest absolute Gasteiger partial charge is 0.481 e. The fourth-order valence-corrected chi connectivity index (χ4v) is 1.93. The molecule has 1 heterocycles. The zero-order chi connectivity index (χ0) is 10.9. The van der Waals surface area contributed by atoms with Gasteiger partial charge in [0.15, 0.2) is 5.90 Å². The summed E-state index contributed by atoms with van der Waals surface area (Å²) < 4.78 is 5.05. The maximum atomic E-state index is 7.42. The van der Waals surface area contributed by atoms with Crippen LogP contribution in [-0.2, 0) is 10.5 Å². The zero-order valence-corrected chi connectivity index (χ0v) is 9.72. The molecule has 3 nitrogen and oxygen atoms in total. The van der Waals surface area contributed by atoms with Gasteiger partial charge < -0.3 is 4.74 Å². The van der Waals surface area contributed by atoms with E-state index in [2.05, 4.69) is 4.98 Å². The topological polar surface area (TPSA) is 46.0 Å². The van der Waals surface area contributed by atoms with Gasteiger partial charge in [-0.15, -0.1) is 0 Å². The summed E-state index contributed by atoms with van der Waals surface area (Å²) in [7, 11) is 0. The van der Waals surface area contributed by atoms with Gasteiger partial charge in [-0.2, -0.15) is 11.8 Å². The molecule has 4 heteroatoms. The van der Waals surface area contributed by atoms with Crippen molar-refractivity contribution >= 4 is 17.7 Å². The van der Waals surface area contributed by atoms with E-state index in [-0.39, 0.29) is 0 Å². The number of ether oxygens (including phenoxy) is 1. The van der Waals surface area contributed by atoms with E-state index in [0.717, 1.165) is 17.2 Å². The molecule has 0 aliphatic heterocycles. The zero-order valence-electron chi connectivity index (χ0n) is 8.90. The third-order valence-electron chi connectivity index (χ3n) is 1.77. The van der Waals surface area contributed by atoms with Gasteiger partial charge in [0.1, 0.15) is 0 Å². The molecule has 0 amide bonds. The summed E-state index contributed by atoms with van der Waals surface area (Å²) in [5.74, 6) is 2.20. The van der Waals surface area contributed by atoms with Crippen molar-refractivity contribution in [2.24, 2.45) is 0 Å². The molecule has 0 bridgehead atoms. The first-order valence-corrected chi connectivity index (χ1v) is 6.16. The van der Waals surface area contributed by atoms with Gasteiger partial charge in [0, 0.05) is 24.1 Å². The summed E-state index contributed by atoms with van der Waals surface area (Å²) in [5, 5.41) is 7.42. The van der Waals surface area contributed by atoms with Crippen molar-refractivity contribution in [3.05, 3.63) is 30.1 Å². The minimum atomic E-state index is 0.381. The van der Waals surface area contributed by atoms with Gasteiger partial charge in [0.05, 0.1) is 12.3 Å². The van der Waals surface area contributed by atoms with Crippen molar-refractivity contribution in [1.82, 2.24) is 4.98 Å². The second-order valence-corrected chi connectivity index (χ2v) is 4.09. The van der Waals surface area contributed by atoms with Crippen molar-refractivity contribution in [3.63, 3.8) is 0 Å². The number of aromatic nitrogens is 1. The molecule has 1 aromatic rings. The average Bonchev–Trinajstić information content (AvgIpc) is 2.26. The quantitative estimate of drug-likeness (QED) is 0.459. The molecule has 1 rings (SSSR count). The molecule has 15 heavy (non-hydrogen) atoms. The lowest BCUT2D eigenvalue weighted by Gasteiger charge is -2.04. The first-order valence-electron chi connectivity index (χ1n) is 5.00. The summed E-state index contributed by atoms with van der Waals surface area (Å²) in [6.45, 7) is 2.49. The van der Waals surface area contributed by atoms with Gasteiger partial charge in [-0.1, -0.05) is 6.07 Å². The second kappa shape index (κ2) is 7.29. The van der Waals surface area contributed by atoms with Crippen molar-refractivity contribution in [3.8, 4) is 0 Å². The molecular formula is C11H16N2OS. The Morgan fingerprint density at radius 1 is 1.53 bits per heavy atom. The number of hydrogen-bond donors (Lipinski definition) is 1. The minimum absolute atomic E-state index is 0.381. The Morgan fingerprint density at radius 3 is 3.07 bits per heavy atom. The van der Waals surface area contributed by atoms with Gasteiger partial charge in [-0.25, -0.2) is 0 Å². The second-order valence-electron chi connectivity index (χ2n) is 2.98. The van der Waals surface area contributed by atoms with Crippen LogP contribution in [0.2, 0.25) is 0 Å². The van der Waals surface area contributed by atoms with E-state index in [9.17, 15) is 0 Å². The van der Waals surface area contributed by atoms with E-state index >= 15 is 0 Å². The lowest BCUT2D eigenvalue weighted by Crippen LogP contribution is -2.03. The van der Waals surface area contributed by atoms with Crippen LogP contribution in [0.4, 0.5) is 0 Å². The highest BCUT2D eigenvalue weighted by Gasteiger charge is 1.98. The fourth-order valence-electron chi connectivity index (χ4n) is 1.07. The maximum Gasteiger partial charge on any atom is 0.181 e. The fraction of sp³-hybridized carbons (Fsp3) is 0.455. The van der Waals surface area contributed by atoms with Crippen molar-refractivity contribution in [2.45, 2.75) is 19.1 Å². The highest BCUT2D eigenvalue weighted by Crippen LogP contribution is 2.10. The molecule has 0 unspecified atom stereocenters. The molecule has 0 saturated heterocycles. The molecule has 0 fully saturated rings. The van der Waals surface area contributed by atoms with Gasteiger partial charge in [0.2, 0.25) is 0 Å². The van der Waals surface area contributed by atoms with Crippen LogP contribution in [0.1, 0.15) is 19.0 Å². The first kappa shape index (κ1) is 12.0. The third-order valence-corrected chi connectivity index (χ3v) is 2.76. The van der Waals surface area contributed by atoms with E-state index in [1.165, 1.54) is 0 Å². The number of thioether (sulfide) groups is 1. The predicted octanol–water partition coefficient (Wildman–Crippen LogP) is 2.72. The van der Waals surface area contributed by atoms with Crippen LogP contribution in [0, 0.1) is 5.41 Å². The van der Waals surface area contributed by atoms with Crippen LogP contribution in [0.15, 0.2) is 24.4 Å². The standard InChI is InChI=1S/C11H16N2OS/c1-2-14-11(12)6-8-15-9-10-5-3-4-7-13-10/h3-5,7,12H,2,6,8-9H2,1H3. The Labute approximate surface area is 94.8 Å². The normalized spacial score (nSPS) is 9.93. The van der Waals surface area contributed by atoms with E-state index in [0.29, 0.717) is 18.9 Å². The smallest absolute Gasteiger partial charge is 0.181 e. The van der Waals surface area contributed by atoms with Crippen molar-refractivity contribution < 1.29 is 4.74 Å². The van der Waals surface area contributed by atoms with E-state index in [1.807, 2.05) is 25.1 Å². The van der Waals surface area contributed by atoms with Crippen LogP contribution >= 0.6 is 11.8 Å². The average molecular weight is 224 g/mol. The number of nitrogens with zero attached hydrogens (tertiary/aromatic N) is 1. The van der Waals surface area contributed by atoms with Crippen LogP contribution in [0.3, 0.4) is 0 Å². The predicted molar refractivity (Wildman–Crippen MR) is 64.4 cm³/mol. The molecule has 0 aliphatic rings. The Morgan fingerprint density at radius 2 is 2.40 bits per heavy atom. The van der Waals surface area contributed by atoms with Crippen molar-refractivity contribution in [1.29, 1.82) is 5.41 Å². The van der Waals surface area contributed by atoms with Gasteiger partial charge in [-0.05, 0) is 19.1 Å². The molecule has 0 aromatic carbocycles. The highest BCUT2D eigenvalue weighted by molar-refractivity contribution is 7.98. The summed E-state index contributed by atoms with van der Waals surface area (Å²) in [6, 6.07) is 5.92. The molecule has 0 saturated carbocycles. The Hall–Kier alpha value is -1.03. The van der Waals surface area contributed by atoms with Crippen LogP contribution in [0.25, 0.3) is 0 Å². The Bertz CT molecular complexity index is 290. The summed E-state index contributed by atoms with van der Waals surface area (Å²) in [5.41, 5.74) is 1.09. The summed E-state index contributed by atoms with van der Waals surface area (Å²) in [6.07, 6.45) is 2.50. The molecule has 0 spiro atoms. The minimum Gasteiger partial charge on any atom is -0.481 e. The lowest BCUT2D eigenvalue weighted by molar-refractivity contribution is 0.316. The number of pyridine rings is 1. The van der Waals surface area contributed by atoms with Crippen LogP contribution < -0.4 is 0 Å². The lowest BCUT2D eigenvalue weighted by atomic mass is 10.4. The number of rotatable bonds is 6.